The van der Waals surface area contributed by atoms with Crippen molar-refractivity contribution < 1.29 is 29.8 Å². The van der Waals surface area contributed by atoms with Crippen LogP contribution in [-0.2, 0) is 26.5 Å². The molecule has 0 radical (unpaired) electrons. The summed E-state index contributed by atoms with van der Waals surface area (Å²) < 4.78 is 27.5. The Bertz CT molecular complexity index is 1210. The quantitative estimate of drug-likeness (QED) is 0.256. The molecule has 0 saturated heterocycles. The van der Waals surface area contributed by atoms with Gasteiger partial charge in [-0.1, -0.05) is 35.5 Å². The van der Waals surface area contributed by atoms with E-state index in [0.717, 1.165) is 35.0 Å². The zero-order valence-electron chi connectivity index (χ0n) is 17.8. The predicted molar refractivity (Wildman–Crippen MR) is 118 cm³/mol. The Hall–Kier alpha value is -2.91. The first-order valence-electron chi connectivity index (χ1n) is 9.89. The Morgan fingerprint density at radius 2 is 1.59 bits per heavy atom. The molecular weight excluding hydrogens is 587 g/mol. The summed E-state index contributed by atoms with van der Waals surface area (Å²) in [6.45, 7) is 4.04. The van der Waals surface area contributed by atoms with Gasteiger partial charge in [0, 0.05) is 29.8 Å². The fraction of sp³-hybridized carbons (Fsp3) is 0.154. The molecule has 0 fully saturated rings. The molecule has 3 nitrogen and oxygen atoms in total. The maximum absolute atomic E-state index is 14.3. The minimum Gasteiger partial charge on any atom is -0.353 e. The first-order valence-corrected chi connectivity index (χ1v) is 9.89. The topological polar surface area (TPSA) is 29.0 Å². The number of para-hydroxylation sites is 1. The normalized spacial score (nSPS) is 11.0. The number of hydrogen-bond donors (Lipinski definition) is 0. The summed E-state index contributed by atoms with van der Waals surface area (Å²) in [5.41, 5.74) is 2.44. The van der Waals surface area contributed by atoms with E-state index >= 15 is 0 Å². The molecule has 0 spiro atoms. The van der Waals surface area contributed by atoms with Gasteiger partial charge in [0.05, 0.1) is 5.69 Å². The smallest absolute Gasteiger partial charge is 0.353 e. The molecular formula is C26H21F2N3Pt. The van der Waals surface area contributed by atoms with Gasteiger partial charge in [0.25, 0.3) is 0 Å². The van der Waals surface area contributed by atoms with Crippen LogP contribution in [-0.4, -0.2) is 17.0 Å². The molecule has 0 unspecified atom stereocenters. The second-order valence-corrected chi connectivity index (χ2v) is 7.76. The third-order valence-corrected chi connectivity index (χ3v) is 5.28. The van der Waals surface area contributed by atoms with Crippen LogP contribution in [0.5, 0.6) is 0 Å². The van der Waals surface area contributed by atoms with E-state index < -0.39 is 17.0 Å². The summed E-state index contributed by atoms with van der Waals surface area (Å²) in [6.07, 6.45) is 0. The third-order valence-electron chi connectivity index (χ3n) is 5.28. The van der Waals surface area contributed by atoms with Gasteiger partial charge in [-0.15, -0.1) is 18.2 Å². The molecule has 4 aromatic rings. The number of nitrogens with zero attached hydrogens (tertiary/aromatic N) is 3. The van der Waals surface area contributed by atoms with Gasteiger partial charge >= 0.3 is 21.1 Å². The van der Waals surface area contributed by atoms with Crippen molar-refractivity contribution in [1.29, 1.82) is 0 Å². The molecule has 4 rings (SSSR count). The second-order valence-electron chi connectivity index (χ2n) is 7.76. The Morgan fingerprint density at radius 1 is 0.875 bits per heavy atom. The predicted octanol–water partition coefficient (Wildman–Crippen LogP) is 6.11. The molecule has 32 heavy (non-hydrogen) atoms. The van der Waals surface area contributed by atoms with Gasteiger partial charge < -0.3 is 9.88 Å². The van der Waals surface area contributed by atoms with Crippen LogP contribution < -0.4 is 4.90 Å². The van der Waals surface area contributed by atoms with Crippen molar-refractivity contribution in [3.05, 3.63) is 108 Å². The van der Waals surface area contributed by atoms with Gasteiger partial charge in [0.15, 0.2) is 0 Å². The molecule has 0 aliphatic heterocycles. The average Bonchev–Trinajstić information content (AvgIpc) is 2.79. The monoisotopic (exact) mass is 608 g/mol. The first kappa shape index (κ1) is 23.7. The average molecular weight is 609 g/mol. The molecule has 2 aromatic heterocycles. The van der Waals surface area contributed by atoms with Gasteiger partial charge in [-0.3, -0.25) is 8.78 Å². The second kappa shape index (κ2) is 9.70. The number of halogens is 2. The van der Waals surface area contributed by atoms with Crippen LogP contribution in [0.15, 0.2) is 72.8 Å². The molecule has 2 heterocycles. The minimum absolute atomic E-state index is 0. The van der Waals surface area contributed by atoms with Crippen LogP contribution in [0.3, 0.4) is 0 Å². The number of rotatable bonds is 5. The van der Waals surface area contributed by atoms with Gasteiger partial charge in [-0.25, -0.2) is 4.98 Å². The minimum atomic E-state index is -0.691. The van der Waals surface area contributed by atoms with Crippen molar-refractivity contribution in [2.45, 2.75) is 19.3 Å². The summed E-state index contributed by atoms with van der Waals surface area (Å²) in [6, 6.07) is 26.7. The molecule has 0 N–H and O–H groups in total. The van der Waals surface area contributed by atoms with Crippen molar-refractivity contribution in [2.24, 2.45) is 0 Å². The van der Waals surface area contributed by atoms with Gasteiger partial charge in [0.1, 0.15) is 5.82 Å². The maximum Gasteiger partial charge on any atom is 2.00 e. The van der Waals surface area contributed by atoms with Crippen molar-refractivity contribution in [1.82, 2.24) is 9.97 Å². The Kier molecular flexibility index (Phi) is 7.20. The third kappa shape index (κ3) is 4.78. The van der Waals surface area contributed by atoms with Crippen LogP contribution in [0.4, 0.5) is 20.3 Å². The number of benzene rings is 2. The molecule has 0 aliphatic carbocycles. The van der Waals surface area contributed by atoms with E-state index in [0.29, 0.717) is 5.69 Å². The summed E-state index contributed by atoms with van der Waals surface area (Å²) in [5, 5.41) is 0. The summed E-state index contributed by atoms with van der Waals surface area (Å²) in [5.74, 6) is -0.580. The van der Waals surface area contributed by atoms with E-state index in [1.807, 2.05) is 80.4 Å². The van der Waals surface area contributed by atoms with E-state index in [9.17, 15) is 8.78 Å². The van der Waals surface area contributed by atoms with Crippen molar-refractivity contribution in [2.75, 3.05) is 11.9 Å². The van der Waals surface area contributed by atoms with Crippen LogP contribution in [0, 0.1) is 23.8 Å². The molecule has 0 amide bonds. The Labute approximate surface area is 201 Å². The largest absolute Gasteiger partial charge is 2.00 e. The summed E-state index contributed by atoms with van der Waals surface area (Å²) in [7, 11) is 1.94. The van der Waals surface area contributed by atoms with Crippen LogP contribution in [0.2, 0.25) is 0 Å². The molecule has 0 aliphatic rings. The first-order chi connectivity index (χ1) is 14.9. The van der Waals surface area contributed by atoms with Crippen LogP contribution in [0.25, 0.3) is 11.3 Å². The maximum atomic E-state index is 14.3. The van der Waals surface area contributed by atoms with E-state index in [2.05, 4.69) is 17.1 Å². The summed E-state index contributed by atoms with van der Waals surface area (Å²) in [4.78, 5) is 11.5. The van der Waals surface area contributed by atoms with Gasteiger partial charge in [-0.05, 0) is 37.7 Å². The zero-order valence-corrected chi connectivity index (χ0v) is 20.1. The number of pyridine rings is 2. The van der Waals surface area contributed by atoms with Gasteiger partial charge in [0.2, 0.25) is 0 Å². The van der Waals surface area contributed by atoms with Crippen LogP contribution in [0.1, 0.15) is 25.2 Å². The van der Waals surface area contributed by atoms with E-state index in [1.165, 1.54) is 0 Å². The molecule has 0 atom stereocenters. The summed E-state index contributed by atoms with van der Waals surface area (Å²) >= 11 is 0. The Morgan fingerprint density at radius 3 is 2.28 bits per heavy atom. The number of aromatic nitrogens is 2. The van der Waals surface area contributed by atoms with Crippen molar-refractivity contribution in [3.8, 4) is 11.3 Å². The Balaban J connectivity index is 0.00000289. The molecule has 0 saturated carbocycles. The van der Waals surface area contributed by atoms with E-state index in [4.69, 9.17) is 4.98 Å². The van der Waals surface area contributed by atoms with Crippen molar-refractivity contribution >= 4 is 11.5 Å². The molecule has 164 valence electrons. The fourth-order valence-electron chi connectivity index (χ4n) is 3.37. The number of anilines is 2. The SMILES string of the molecule is CN(c1[c-]cccc1)c1cccc(C(C)(C)c2cccc(-c3[c-]cc(F)cc3F)n2)n1.[Pt+2]. The van der Waals surface area contributed by atoms with E-state index in [-0.39, 0.29) is 26.6 Å². The zero-order chi connectivity index (χ0) is 22.0. The number of hydrogen-bond acceptors (Lipinski definition) is 3. The molecule has 0 bridgehead atoms. The van der Waals surface area contributed by atoms with E-state index in [1.54, 1.807) is 6.07 Å². The molecule has 6 heteroatoms. The standard InChI is InChI=1S/C26H21F2N3.Pt/c1-26(2,23-12-7-11-22(29-23)20-16-15-18(27)17-21(20)28)24-13-8-14-25(30-24)31(3)19-9-5-4-6-10-19;/h4-9,11-15,17H,1-3H3;/q-2;+2. The van der Waals surface area contributed by atoms with Gasteiger partial charge in [-0.2, -0.15) is 24.3 Å². The van der Waals surface area contributed by atoms with Crippen LogP contribution >= 0.6 is 0 Å². The fourth-order valence-corrected chi connectivity index (χ4v) is 3.37. The van der Waals surface area contributed by atoms with Crippen molar-refractivity contribution in [3.63, 3.8) is 0 Å². The molecule has 2 aromatic carbocycles.